The zero-order chi connectivity index (χ0) is 22.9. The molecule has 2 amide bonds. The molecule has 6 heteroatoms. The first-order valence-corrected chi connectivity index (χ1v) is 11.4. The maximum absolute atomic E-state index is 13.3. The van der Waals surface area contributed by atoms with Gasteiger partial charge in [-0.1, -0.05) is 49.6 Å². The lowest BCUT2D eigenvalue weighted by Gasteiger charge is -2.31. The molecule has 172 valence electrons. The summed E-state index contributed by atoms with van der Waals surface area (Å²) in [6.07, 6.45) is 4.81. The molecule has 0 heterocycles. The Balaban J connectivity index is 1.76. The number of benzene rings is 2. The molecule has 6 nitrogen and oxygen atoms in total. The summed E-state index contributed by atoms with van der Waals surface area (Å²) in [6.45, 7) is 4.12. The van der Waals surface area contributed by atoms with E-state index in [1.165, 1.54) is 0 Å². The van der Waals surface area contributed by atoms with E-state index in [0.717, 1.165) is 36.8 Å². The number of nitrogens with zero attached hydrogens (tertiary/aromatic N) is 1. The lowest BCUT2D eigenvalue weighted by atomic mass is 10.1. The van der Waals surface area contributed by atoms with Crippen LogP contribution in [0, 0.1) is 6.92 Å². The highest BCUT2D eigenvalue weighted by Gasteiger charge is 2.30. The molecule has 1 atom stereocenters. The molecule has 1 aliphatic carbocycles. The van der Waals surface area contributed by atoms with Crippen LogP contribution in [0.4, 0.5) is 0 Å². The SMILES string of the molecule is CCC(C(=O)NC1CCCC1)N(Cc1cccc(OC)c1)C(=O)COc1ccc(C)cc1. The summed E-state index contributed by atoms with van der Waals surface area (Å²) >= 11 is 0. The largest absolute Gasteiger partial charge is 0.497 e. The van der Waals surface area contributed by atoms with E-state index in [-0.39, 0.29) is 24.5 Å². The fourth-order valence-electron chi connectivity index (χ4n) is 4.12. The van der Waals surface area contributed by atoms with Gasteiger partial charge in [0.25, 0.3) is 5.91 Å². The van der Waals surface area contributed by atoms with Crippen molar-refractivity contribution in [1.29, 1.82) is 0 Å². The average Bonchev–Trinajstić information content (AvgIpc) is 3.31. The lowest BCUT2D eigenvalue weighted by molar-refractivity contribution is -0.143. The number of rotatable bonds is 10. The Hall–Kier alpha value is -3.02. The lowest BCUT2D eigenvalue weighted by Crippen LogP contribution is -2.52. The van der Waals surface area contributed by atoms with Crippen molar-refractivity contribution in [3.05, 3.63) is 59.7 Å². The minimum Gasteiger partial charge on any atom is -0.497 e. The monoisotopic (exact) mass is 438 g/mol. The molecule has 32 heavy (non-hydrogen) atoms. The van der Waals surface area contributed by atoms with Crippen LogP contribution < -0.4 is 14.8 Å². The van der Waals surface area contributed by atoms with Gasteiger partial charge in [-0.25, -0.2) is 0 Å². The smallest absolute Gasteiger partial charge is 0.261 e. The van der Waals surface area contributed by atoms with Crippen molar-refractivity contribution in [1.82, 2.24) is 10.2 Å². The fraction of sp³-hybridized carbons (Fsp3) is 0.462. The van der Waals surface area contributed by atoms with Gasteiger partial charge < -0.3 is 19.7 Å². The van der Waals surface area contributed by atoms with E-state index in [4.69, 9.17) is 9.47 Å². The molecular weight excluding hydrogens is 404 g/mol. The van der Waals surface area contributed by atoms with Crippen molar-refractivity contribution in [2.45, 2.75) is 64.6 Å². The first-order valence-electron chi connectivity index (χ1n) is 11.4. The third-order valence-electron chi connectivity index (χ3n) is 5.96. The second kappa shape index (κ2) is 11.6. The van der Waals surface area contributed by atoms with Gasteiger partial charge >= 0.3 is 0 Å². The number of ether oxygens (including phenoxy) is 2. The number of nitrogens with one attached hydrogen (secondary N) is 1. The molecular formula is C26H34N2O4. The summed E-state index contributed by atoms with van der Waals surface area (Å²) in [6, 6.07) is 14.8. The Kier molecular flexibility index (Phi) is 8.54. The first kappa shape index (κ1) is 23.6. The summed E-state index contributed by atoms with van der Waals surface area (Å²) < 4.78 is 11.1. The number of carbonyl (C=O) groups is 2. The third kappa shape index (κ3) is 6.49. The van der Waals surface area contributed by atoms with Gasteiger partial charge in [0, 0.05) is 12.6 Å². The van der Waals surface area contributed by atoms with Crippen molar-refractivity contribution in [3.63, 3.8) is 0 Å². The number of amides is 2. The van der Waals surface area contributed by atoms with E-state index in [1.54, 1.807) is 12.0 Å². The Bertz CT molecular complexity index is 891. The van der Waals surface area contributed by atoms with Crippen LogP contribution in [-0.2, 0) is 16.1 Å². The van der Waals surface area contributed by atoms with Crippen molar-refractivity contribution in [3.8, 4) is 11.5 Å². The van der Waals surface area contributed by atoms with Crippen LogP contribution in [0.5, 0.6) is 11.5 Å². The molecule has 1 N–H and O–H groups in total. The highest BCUT2D eigenvalue weighted by molar-refractivity contribution is 5.88. The van der Waals surface area contributed by atoms with Gasteiger partial charge in [0.2, 0.25) is 5.91 Å². The normalized spacial score (nSPS) is 14.6. The quantitative estimate of drug-likeness (QED) is 0.602. The number of hydrogen-bond donors (Lipinski definition) is 1. The van der Waals surface area contributed by atoms with Gasteiger partial charge in [-0.15, -0.1) is 0 Å². The molecule has 1 fully saturated rings. The van der Waals surface area contributed by atoms with E-state index in [1.807, 2.05) is 62.4 Å². The van der Waals surface area contributed by atoms with Crippen LogP contribution in [0.15, 0.2) is 48.5 Å². The molecule has 2 aromatic carbocycles. The van der Waals surface area contributed by atoms with Gasteiger partial charge in [-0.05, 0) is 56.0 Å². The molecule has 0 saturated heterocycles. The van der Waals surface area contributed by atoms with E-state index in [2.05, 4.69) is 5.32 Å². The van der Waals surface area contributed by atoms with Crippen LogP contribution in [-0.4, -0.2) is 42.5 Å². The van der Waals surface area contributed by atoms with Gasteiger partial charge in [0.15, 0.2) is 6.61 Å². The Labute approximate surface area is 190 Å². The molecule has 3 rings (SSSR count). The molecule has 1 unspecified atom stereocenters. The van der Waals surface area contributed by atoms with Crippen molar-refractivity contribution in [2.75, 3.05) is 13.7 Å². The summed E-state index contributed by atoms with van der Waals surface area (Å²) in [5.41, 5.74) is 2.03. The number of hydrogen-bond acceptors (Lipinski definition) is 4. The van der Waals surface area contributed by atoms with Gasteiger partial charge in [-0.3, -0.25) is 9.59 Å². The number of carbonyl (C=O) groups excluding carboxylic acids is 2. The molecule has 1 aliphatic rings. The standard InChI is InChI=1S/C26H34N2O4/c1-4-24(26(30)27-21-9-5-6-10-21)28(17-20-8-7-11-23(16-20)31-3)25(29)18-32-22-14-12-19(2)13-15-22/h7-8,11-16,21,24H,4-6,9-10,17-18H2,1-3H3,(H,27,30). The van der Waals surface area contributed by atoms with Crippen LogP contribution in [0.2, 0.25) is 0 Å². The zero-order valence-electron chi connectivity index (χ0n) is 19.3. The van der Waals surface area contributed by atoms with Crippen molar-refractivity contribution in [2.24, 2.45) is 0 Å². The van der Waals surface area contributed by atoms with Crippen LogP contribution in [0.3, 0.4) is 0 Å². The van der Waals surface area contributed by atoms with E-state index in [0.29, 0.717) is 24.5 Å². The summed E-state index contributed by atoms with van der Waals surface area (Å²) in [5, 5.41) is 3.16. The average molecular weight is 439 g/mol. The molecule has 2 aromatic rings. The highest BCUT2D eigenvalue weighted by Crippen LogP contribution is 2.21. The topological polar surface area (TPSA) is 67.9 Å². The summed E-state index contributed by atoms with van der Waals surface area (Å²) in [5.74, 6) is 1.04. The van der Waals surface area contributed by atoms with Crippen LogP contribution in [0.25, 0.3) is 0 Å². The maximum atomic E-state index is 13.3. The molecule has 0 aromatic heterocycles. The summed E-state index contributed by atoms with van der Waals surface area (Å²) in [7, 11) is 1.61. The van der Waals surface area contributed by atoms with Gasteiger partial charge in [0.1, 0.15) is 17.5 Å². The molecule has 0 spiro atoms. The highest BCUT2D eigenvalue weighted by atomic mass is 16.5. The van der Waals surface area contributed by atoms with E-state index < -0.39 is 6.04 Å². The summed E-state index contributed by atoms with van der Waals surface area (Å²) in [4.78, 5) is 28.0. The maximum Gasteiger partial charge on any atom is 0.261 e. The Morgan fingerprint density at radius 3 is 2.47 bits per heavy atom. The van der Waals surface area contributed by atoms with Gasteiger partial charge in [0.05, 0.1) is 7.11 Å². The minimum absolute atomic E-state index is 0.0917. The van der Waals surface area contributed by atoms with Crippen LogP contribution in [0.1, 0.15) is 50.2 Å². The second-order valence-corrected chi connectivity index (χ2v) is 8.39. The molecule has 0 radical (unpaired) electrons. The van der Waals surface area contributed by atoms with Crippen LogP contribution >= 0.6 is 0 Å². The van der Waals surface area contributed by atoms with Crippen molar-refractivity contribution < 1.29 is 19.1 Å². The van der Waals surface area contributed by atoms with E-state index in [9.17, 15) is 9.59 Å². The van der Waals surface area contributed by atoms with Crippen molar-refractivity contribution >= 4 is 11.8 Å². The second-order valence-electron chi connectivity index (χ2n) is 8.39. The van der Waals surface area contributed by atoms with E-state index >= 15 is 0 Å². The zero-order valence-corrected chi connectivity index (χ0v) is 19.3. The Morgan fingerprint density at radius 1 is 1.09 bits per heavy atom. The molecule has 0 bridgehead atoms. The predicted molar refractivity (Wildman–Crippen MR) is 125 cm³/mol. The van der Waals surface area contributed by atoms with Gasteiger partial charge in [-0.2, -0.15) is 0 Å². The predicted octanol–water partition coefficient (Wildman–Crippen LogP) is 4.25. The first-order chi connectivity index (χ1) is 15.5. The fourth-order valence-corrected chi connectivity index (χ4v) is 4.12. The number of methoxy groups -OCH3 is 1. The Morgan fingerprint density at radius 2 is 1.81 bits per heavy atom. The molecule has 1 saturated carbocycles. The minimum atomic E-state index is -0.559. The third-order valence-corrected chi connectivity index (χ3v) is 5.96. The number of aryl methyl sites for hydroxylation is 1. The molecule has 0 aliphatic heterocycles.